The molecule has 96 valence electrons. The Bertz CT molecular complexity index is 302. The average molecular weight is 237 g/mol. The van der Waals surface area contributed by atoms with Crippen molar-refractivity contribution < 1.29 is 9.47 Å². The third-order valence-corrected chi connectivity index (χ3v) is 2.42. The first kappa shape index (κ1) is 13.8. The van der Waals surface area contributed by atoms with E-state index < -0.39 is 0 Å². The Labute approximate surface area is 104 Å². The maximum Gasteiger partial charge on any atom is 0.161 e. The van der Waals surface area contributed by atoms with Gasteiger partial charge in [-0.05, 0) is 44.4 Å². The molecule has 0 unspecified atom stereocenters. The van der Waals surface area contributed by atoms with Gasteiger partial charge in [-0.2, -0.15) is 0 Å². The van der Waals surface area contributed by atoms with Crippen LogP contribution in [0, 0.1) is 0 Å². The topological polar surface area (TPSA) is 44.5 Å². The maximum absolute atomic E-state index is 5.71. The van der Waals surface area contributed by atoms with Gasteiger partial charge in [0.2, 0.25) is 0 Å². The molecule has 0 aliphatic heterocycles. The van der Waals surface area contributed by atoms with Crippen LogP contribution >= 0.6 is 0 Å². The van der Waals surface area contributed by atoms with Crippen molar-refractivity contribution in [3.8, 4) is 11.5 Å². The molecule has 1 aromatic carbocycles. The molecule has 0 aliphatic carbocycles. The zero-order chi connectivity index (χ0) is 12.3. The molecule has 0 saturated heterocycles. The number of rotatable bonds is 9. The monoisotopic (exact) mass is 237 g/mol. The van der Waals surface area contributed by atoms with Gasteiger partial charge in [0, 0.05) is 0 Å². The van der Waals surface area contributed by atoms with Crippen molar-refractivity contribution >= 4 is 0 Å². The van der Waals surface area contributed by atoms with Gasteiger partial charge in [0.25, 0.3) is 0 Å². The van der Waals surface area contributed by atoms with E-state index in [0.29, 0.717) is 0 Å². The van der Waals surface area contributed by atoms with Crippen LogP contribution in [0.1, 0.15) is 32.6 Å². The Morgan fingerprint density at radius 2 is 1.59 bits per heavy atom. The van der Waals surface area contributed by atoms with Gasteiger partial charge in [-0.25, -0.2) is 0 Å². The summed E-state index contributed by atoms with van der Waals surface area (Å²) in [6, 6.07) is 7.83. The fourth-order valence-electron chi connectivity index (χ4n) is 1.51. The smallest absolute Gasteiger partial charge is 0.161 e. The zero-order valence-corrected chi connectivity index (χ0v) is 10.7. The molecule has 3 heteroatoms. The van der Waals surface area contributed by atoms with Gasteiger partial charge in [0.15, 0.2) is 11.5 Å². The molecule has 1 aromatic rings. The standard InChI is InChI=1S/C14H23NO2/c1-2-11-16-13-8-4-5-9-14(13)17-12-7-3-6-10-15/h4-5,8-9H,2-3,6-7,10-12,15H2,1H3. The number of hydrogen-bond acceptors (Lipinski definition) is 3. The summed E-state index contributed by atoms with van der Waals surface area (Å²) in [7, 11) is 0. The lowest BCUT2D eigenvalue weighted by molar-refractivity contribution is 0.263. The van der Waals surface area contributed by atoms with E-state index in [-0.39, 0.29) is 0 Å². The summed E-state index contributed by atoms with van der Waals surface area (Å²) >= 11 is 0. The van der Waals surface area contributed by atoms with Crippen LogP contribution in [0.5, 0.6) is 11.5 Å². The van der Waals surface area contributed by atoms with Gasteiger partial charge in [-0.15, -0.1) is 0 Å². The van der Waals surface area contributed by atoms with Crippen LogP contribution in [0.2, 0.25) is 0 Å². The molecule has 3 nitrogen and oxygen atoms in total. The molecule has 0 aliphatic rings. The highest BCUT2D eigenvalue weighted by atomic mass is 16.5. The summed E-state index contributed by atoms with van der Waals surface area (Å²) in [5.41, 5.74) is 5.44. The van der Waals surface area contributed by atoms with Crippen molar-refractivity contribution in [1.29, 1.82) is 0 Å². The highest BCUT2D eigenvalue weighted by molar-refractivity contribution is 5.39. The van der Waals surface area contributed by atoms with E-state index in [4.69, 9.17) is 15.2 Å². The number of ether oxygens (including phenoxy) is 2. The molecule has 17 heavy (non-hydrogen) atoms. The zero-order valence-electron chi connectivity index (χ0n) is 10.7. The molecule has 2 N–H and O–H groups in total. The van der Waals surface area contributed by atoms with Crippen LogP contribution in [0.25, 0.3) is 0 Å². The quantitative estimate of drug-likeness (QED) is 0.671. The summed E-state index contributed by atoms with van der Waals surface area (Å²) in [5, 5.41) is 0. The molecule has 0 heterocycles. The molecule has 0 atom stereocenters. The highest BCUT2D eigenvalue weighted by Gasteiger charge is 2.02. The van der Waals surface area contributed by atoms with Crippen molar-refractivity contribution in [1.82, 2.24) is 0 Å². The molecular weight excluding hydrogens is 214 g/mol. The van der Waals surface area contributed by atoms with Gasteiger partial charge in [0.05, 0.1) is 13.2 Å². The van der Waals surface area contributed by atoms with Crippen molar-refractivity contribution in [2.75, 3.05) is 19.8 Å². The molecule has 0 aromatic heterocycles. The number of hydrogen-bond donors (Lipinski definition) is 1. The number of benzene rings is 1. The van der Waals surface area contributed by atoms with Crippen LogP contribution in [0.3, 0.4) is 0 Å². The predicted molar refractivity (Wildman–Crippen MR) is 70.6 cm³/mol. The fraction of sp³-hybridized carbons (Fsp3) is 0.571. The summed E-state index contributed by atoms with van der Waals surface area (Å²) in [5.74, 6) is 1.68. The largest absolute Gasteiger partial charge is 0.490 e. The van der Waals surface area contributed by atoms with Gasteiger partial charge in [0.1, 0.15) is 0 Å². The minimum atomic E-state index is 0.729. The lowest BCUT2D eigenvalue weighted by Crippen LogP contribution is -2.03. The van der Waals surface area contributed by atoms with Gasteiger partial charge in [-0.3, -0.25) is 0 Å². The van der Waals surface area contributed by atoms with Crippen LogP contribution in [-0.2, 0) is 0 Å². The Kier molecular flexibility index (Phi) is 7.23. The molecule has 0 saturated carbocycles. The molecule has 0 fully saturated rings. The Morgan fingerprint density at radius 1 is 0.941 bits per heavy atom. The second kappa shape index (κ2) is 8.88. The second-order valence-corrected chi connectivity index (χ2v) is 3.99. The summed E-state index contributed by atoms with van der Waals surface area (Å²) in [4.78, 5) is 0. The van der Waals surface area contributed by atoms with E-state index in [2.05, 4.69) is 6.92 Å². The third-order valence-electron chi connectivity index (χ3n) is 2.42. The lowest BCUT2D eigenvalue weighted by atomic mass is 10.2. The molecule has 0 radical (unpaired) electrons. The van der Waals surface area contributed by atoms with Crippen molar-refractivity contribution in [2.45, 2.75) is 32.6 Å². The van der Waals surface area contributed by atoms with Crippen LogP contribution in [0.4, 0.5) is 0 Å². The van der Waals surface area contributed by atoms with Crippen molar-refractivity contribution in [3.05, 3.63) is 24.3 Å². The summed E-state index contributed by atoms with van der Waals surface area (Å²) in [6.45, 7) is 4.31. The van der Waals surface area contributed by atoms with Crippen LogP contribution < -0.4 is 15.2 Å². The fourth-order valence-corrected chi connectivity index (χ4v) is 1.51. The molecule has 0 spiro atoms. The van der Waals surface area contributed by atoms with Crippen molar-refractivity contribution in [3.63, 3.8) is 0 Å². The van der Waals surface area contributed by atoms with E-state index in [1.54, 1.807) is 0 Å². The summed E-state index contributed by atoms with van der Waals surface area (Å²) in [6.07, 6.45) is 4.23. The minimum absolute atomic E-state index is 0.729. The third kappa shape index (κ3) is 5.59. The van der Waals surface area contributed by atoms with Crippen molar-refractivity contribution in [2.24, 2.45) is 5.73 Å². The van der Waals surface area contributed by atoms with E-state index in [1.807, 2.05) is 24.3 Å². The first-order valence-corrected chi connectivity index (χ1v) is 6.43. The Hall–Kier alpha value is -1.22. The van der Waals surface area contributed by atoms with E-state index in [0.717, 1.165) is 56.9 Å². The van der Waals surface area contributed by atoms with Gasteiger partial charge in [-0.1, -0.05) is 19.1 Å². The van der Waals surface area contributed by atoms with E-state index in [9.17, 15) is 0 Å². The molecule has 0 bridgehead atoms. The second-order valence-electron chi connectivity index (χ2n) is 3.99. The molecule has 1 rings (SSSR count). The lowest BCUT2D eigenvalue weighted by Gasteiger charge is -2.11. The SMILES string of the molecule is CCCOc1ccccc1OCCCCCN. The average Bonchev–Trinajstić information content (AvgIpc) is 2.37. The number of nitrogens with two attached hydrogens (primary N) is 1. The predicted octanol–water partition coefficient (Wildman–Crippen LogP) is 2.98. The maximum atomic E-state index is 5.71. The van der Waals surface area contributed by atoms with E-state index in [1.165, 1.54) is 0 Å². The summed E-state index contributed by atoms with van der Waals surface area (Å²) < 4.78 is 11.3. The Balaban J connectivity index is 2.35. The Morgan fingerprint density at radius 3 is 2.18 bits per heavy atom. The molecule has 0 amide bonds. The first-order valence-electron chi connectivity index (χ1n) is 6.43. The van der Waals surface area contributed by atoms with Crippen LogP contribution in [0.15, 0.2) is 24.3 Å². The number of para-hydroxylation sites is 2. The van der Waals surface area contributed by atoms with E-state index >= 15 is 0 Å². The number of unbranched alkanes of at least 4 members (excludes halogenated alkanes) is 2. The highest BCUT2D eigenvalue weighted by Crippen LogP contribution is 2.26. The van der Waals surface area contributed by atoms with Gasteiger partial charge < -0.3 is 15.2 Å². The normalized spacial score (nSPS) is 10.2. The van der Waals surface area contributed by atoms with Crippen LogP contribution in [-0.4, -0.2) is 19.8 Å². The molecular formula is C14H23NO2. The van der Waals surface area contributed by atoms with Gasteiger partial charge >= 0.3 is 0 Å². The first-order chi connectivity index (χ1) is 8.38. The minimum Gasteiger partial charge on any atom is -0.490 e.